The lowest BCUT2D eigenvalue weighted by atomic mass is 9.66. The monoisotopic (exact) mass is 406 g/mol. The van der Waals surface area contributed by atoms with Crippen LogP contribution in [0.2, 0.25) is 0 Å². The molecule has 0 radical (unpaired) electrons. The van der Waals surface area contributed by atoms with Gasteiger partial charge in [-0.25, -0.2) is 12.7 Å². The van der Waals surface area contributed by atoms with Gasteiger partial charge in [0, 0.05) is 43.0 Å². The summed E-state index contributed by atoms with van der Waals surface area (Å²) in [6.45, 7) is 1.00. The van der Waals surface area contributed by atoms with Crippen LogP contribution in [-0.2, 0) is 14.8 Å². The van der Waals surface area contributed by atoms with E-state index in [1.807, 2.05) is 18.2 Å². The van der Waals surface area contributed by atoms with Gasteiger partial charge < -0.3 is 14.8 Å². The van der Waals surface area contributed by atoms with E-state index < -0.39 is 32.8 Å². The molecule has 1 N–H and O–H groups in total. The highest BCUT2D eigenvalue weighted by Crippen LogP contribution is 2.55. The number of hydrogen-bond acceptors (Lipinski definition) is 5. The molecule has 3 heterocycles. The first kappa shape index (κ1) is 18.2. The Kier molecular flexibility index (Phi) is 4.14. The highest BCUT2D eigenvalue weighted by atomic mass is 32.2. The molecule has 0 aromatic heterocycles. The average molecular weight is 407 g/mol. The first-order valence-electron chi connectivity index (χ1n) is 10.1. The normalized spacial score (nSPS) is 34.8. The molecule has 8 heteroatoms. The molecule has 2 saturated heterocycles. The van der Waals surface area contributed by atoms with Gasteiger partial charge in [-0.05, 0) is 31.7 Å². The molecule has 1 amide bonds. The van der Waals surface area contributed by atoms with Crippen LogP contribution >= 0.6 is 0 Å². The Morgan fingerprint density at radius 1 is 1.21 bits per heavy atom. The number of ether oxygens (including phenoxy) is 2. The van der Waals surface area contributed by atoms with Crippen molar-refractivity contribution in [2.45, 2.75) is 55.4 Å². The van der Waals surface area contributed by atoms with Gasteiger partial charge in [-0.2, -0.15) is 0 Å². The van der Waals surface area contributed by atoms with E-state index >= 15 is 0 Å². The number of carbonyl (C=O) groups excluding carboxylic acids is 1. The molecule has 7 nitrogen and oxygen atoms in total. The van der Waals surface area contributed by atoms with Gasteiger partial charge in [0.25, 0.3) is 0 Å². The molecule has 3 fully saturated rings. The summed E-state index contributed by atoms with van der Waals surface area (Å²) in [7, 11) is -2.15. The SMILES string of the molecule is COc1ccc2c(c1)OC13CCCCC1C2C(S(=O)(=O)N1CCCC1)C(=O)N3. The summed E-state index contributed by atoms with van der Waals surface area (Å²) < 4.78 is 40.2. The summed E-state index contributed by atoms with van der Waals surface area (Å²) in [6, 6.07) is 5.51. The molecule has 0 spiro atoms. The number of rotatable bonds is 3. The number of hydrogen-bond donors (Lipinski definition) is 1. The molecular formula is C20H26N2O5S. The summed E-state index contributed by atoms with van der Waals surface area (Å²) >= 11 is 0. The zero-order valence-electron chi connectivity index (χ0n) is 16.0. The van der Waals surface area contributed by atoms with Crippen molar-refractivity contribution in [3.63, 3.8) is 0 Å². The molecule has 1 aliphatic carbocycles. The van der Waals surface area contributed by atoms with Crippen molar-refractivity contribution < 1.29 is 22.7 Å². The van der Waals surface area contributed by atoms with E-state index in [0.29, 0.717) is 31.0 Å². The van der Waals surface area contributed by atoms with Crippen LogP contribution in [-0.4, -0.2) is 49.8 Å². The third kappa shape index (κ3) is 2.50. The molecule has 4 unspecified atom stereocenters. The van der Waals surface area contributed by atoms with Gasteiger partial charge in [0.2, 0.25) is 15.9 Å². The maximum Gasteiger partial charge on any atom is 0.243 e. The quantitative estimate of drug-likeness (QED) is 0.830. The van der Waals surface area contributed by atoms with E-state index in [0.717, 1.165) is 37.7 Å². The van der Waals surface area contributed by atoms with Crippen LogP contribution in [0.25, 0.3) is 0 Å². The first-order valence-corrected chi connectivity index (χ1v) is 11.6. The van der Waals surface area contributed by atoms with Crippen LogP contribution in [0.15, 0.2) is 18.2 Å². The minimum Gasteiger partial charge on any atom is -0.497 e. The van der Waals surface area contributed by atoms with Crippen molar-refractivity contribution in [3.8, 4) is 11.5 Å². The fourth-order valence-electron chi connectivity index (χ4n) is 5.61. The Balaban J connectivity index is 1.67. The van der Waals surface area contributed by atoms with E-state index in [2.05, 4.69) is 5.32 Å². The van der Waals surface area contributed by atoms with E-state index in [4.69, 9.17) is 9.47 Å². The largest absolute Gasteiger partial charge is 0.497 e. The third-order valence-electron chi connectivity index (χ3n) is 6.88. The summed E-state index contributed by atoms with van der Waals surface area (Å²) in [4.78, 5) is 13.2. The molecule has 1 aromatic carbocycles. The highest BCUT2D eigenvalue weighted by Gasteiger charge is 2.62. The van der Waals surface area contributed by atoms with Crippen LogP contribution in [0.1, 0.15) is 50.0 Å². The van der Waals surface area contributed by atoms with Gasteiger partial charge in [-0.3, -0.25) is 4.79 Å². The number of methoxy groups -OCH3 is 1. The minimum atomic E-state index is -3.74. The number of sulfonamides is 1. The lowest BCUT2D eigenvalue weighted by Gasteiger charge is -2.56. The number of nitrogens with zero attached hydrogens (tertiary/aromatic N) is 1. The van der Waals surface area contributed by atoms with E-state index in [-0.39, 0.29) is 5.92 Å². The van der Waals surface area contributed by atoms with Crippen LogP contribution in [0.4, 0.5) is 0 Å². The zero-order chi connectivity index (χ0) is 19.5. The van der Waals surface area contributed by atoms with E-state index in [1.54, 1.807) is 7.11 Å². The van der Waals surface area contributed by atoms with E-state index in [1.165, 1.54) is 4.31 Å². The van der Waals surface area contributed by atoms with Crippen LogP contribution in [0, 0.1) is 5.92 Å². The van der Waals surface area contributed by atoms with Crippen LogP contribution in [0.5, 0.6) is 11.5 Å². The minimum absolute atomic E-state index is 0.0396. The Morgan fingerprint density at radius 3 is 2.75 bits per heavy atom. The fourth-order valence-corrected chi connectivity index (χ4v) is 7.73. The molecule has 28 heavy (non-hydrogen) atoms. The molecule has 1 aromatic rings. The second-order valence-electron chi connectivity index (χ2n) is 8.33. The highest BCUT2D eigenvalue weighted by molar-refractivity contribution is 7.90. The molecule has 4 atom stereocenters. The molecular weight excluding hydrogens is 380 g/mol. The topological polar surface area (TPSA) is 84.9 Å². The van der Waals surface area contributed by atoms with E-state index in [9.17, 15) is 13.2 Å². The second-order valence-corrected chi connectivity index (χ2v) is 10.4. The average Bonchev–Trinajstić information content (AvgIpc) is 3.22. The van der Waals surface area contributed by atoms with Crippen molar-refractivity contribution in [3.05, 3.63) is 23.8 Å². The second kappa shape index (κ2) is 6.35. The Hall–Kier alpha value is -1.80. The fraction of sp³-hybridized carbons (Fsp3) is 0.650. The predicted molar refractivity (Wildman–Crippen MR) is 103 cm³/mol. The number of fused-ring (bicyclic) bond motifs is 2. The number of nitrogens with one attached hydrogen (secondary N) is 1. The zero-order valence-corrected chi connectivity index (χ0v) is 16.8. The van der Waals surface area contributed by atoms with Crippen molar-refractivity contribution in [1.82, 2.24) is 9.62 Å². The van der Waals surface area contributed by atoms with Crippen molar-refractivity contribution in [2.75, 3.05) is 20.2 Å². The Morgan fingerprint density at radius 2 is 2.00 bits per heavy atom. The number of piperidine rings is 1. The Labute approximate surface area is 165 Å². The summed E-state index contributed by atoms with van der Waals surface area (Å²) in [5, 5.41) is 1.91. The van der Waals surface area contributed by atoms with Gasteiger partial charge in [0.15, 0.2) is 11.0 Å². The van der Waals surface area contributed by atoms with Crippen molar-refractivity contribution >= 4 is 15.9 Å². The summed E-state index contributed by atoms with van der Waals surface area (Å²) in [6.07, 6.45) is 5.22. The standard InChI is InChI=1S/C20H26N2O5S/c1-26-13-7-8-14-16(12-13)27-20-9-3-2-6-15(20)17(14)18(19(23)21-20)28(24,25)22-10-4-5-11-22/h7-8,12,15,17-18H,2-6,9-11H2,1H3,(H,21,23). The number of amides is 1. The van der Waals surface area contributed by atoms with Gasteiger partial charge in [0.05, 0.1) is 7.11 Å². The van der Waals surface area contributed by atoms with Crippen molar-refractivity contribution in [2.24, 2.45) is 5.92 Å². The third-order valence-corrected chi connectivity index (χ3v) is 9.12. The van der Waals surface area contributed by atoms with Crippen molar-refractivity contribution in [1.29, 1.82) is 0 Å². The molecule has 3 aliphatic heterocycles. The lowest BCUT2D eigenvalue weighted by Crippen LogP contribution is -2.71. The smallest absolute Gasteiger partial charge is 0.243 e. The first-order chi connectivity index (χ1) is 13.5. The molecule has 152 valence electrons. The van der Waals surface area contributed by atoms with Gasteiger partial charge >= 0.3 is 0 Å². The van der Waals surface area contributed by atoms with Gasteiger partial charge in [-0.15, -0.1) is 0 Å². The lowest BCUT2D eigenvalue weighted by molar-refractivity contribution is -0.147. The molecule has 5 rings (SSSR count). The Bertz CT molecular complexity index is 911. The molecule has 2 bridgehead atoms. The van der Waals surface area contributed by atoms with Crippen LogP contribution < -0.4 is 14.8 Å². The molecule has 1 saturated carbocycles. The number of benzene rings is 1. The van der Waals surface area contributed by atoms with Gasteiger partial charge in [-0.1, -0.05) is 12.5 Å². The summed E-state index contributed by atoms with van der Waals surface area (Å²) in [5.74, 6) is 0.435. The van der Waals surface area contributed by atoms with Gasteiger partial charge in [0.1, 0.15) is 11.5 Å². The maximum atomic E-state index is 13.5. The maximum absolute atomic E-state index is 13.5. The summed E-state index contributed by atoms with van der Waals surface area (Å²) in [5.41, 5.74) is 0.00193. The predicted octanol–water partition coefficient (Wildman–Crippen LogP) is 1.98. The molecule has 4 aliphatic rings. The number of carbonyl (C=O) groups is 1. The van der Waals surface area contributed by atoms with Crippen LogP contribution in [0.3, 0.4) is 0 Å².